The van der Waals surface area contributed by atoms with Crippen molar-refractivity contribution in [3.63, 3.8) is 0 Å². The molecule has 1 saturated heterocycles. The molecule has 0 aliphatic carbocycles. The van der Waals surface area contributed by atoms with Gasteiger partial charge in [0.15, 0.2) is 0 Å². The molecule has 2 aromatic carbocycles. The van der Waals surface area contributed by atoms with Crippen LogP contribution >= 0.6 is 15.9 Å². The Morgan fingerprint density at radius 1 is 1.29 bits per heavy atom. The van der Waals surface area contributed by atoms with E-state index in [0.29, 0.717) is 41.3 Å². The van der Waals surface area contributed by atoms with Gasteiger partial charge in [-0.2, -0.15) is 4.98 Å². The summed E-state index contributed by atoms with van der Waals surface area (Å²) in [6.45, 7) is 1.03. The second-order valence-corrected chi connectivity index (χ2v) is 7.46. The first-order valence-corrected chi connectivity index (χ1v) is 9.52. The number of carbonyl (C=O) groups is 1. The molecule has 8 heteroatoms. The van der Waals surface area contributed by atoms with E-state index in [2.05, 4.69) is 26.1 Å². The van der Waals surface area contributed by atoms with Crippen molar-refractivity contribution in [3.8, 4) is 17.1 Å². The normalized spacial score (nSPS) is 16.6. The smallest absolute Gasteiger partial charge is 0.232 e. The second kappa shape index (κ2) is 7.71. The lowest BCUT2D eigenvalue weighted by Gasteiger charge is -2.16. The van der Waals surface area contributed by atoms with Crippen molar-refractivity contribution >= 4 is 21.8 Å². The standard InChI is InChI=1S/C20H17BrFN3O3/c1-27-15-5-2-12(3-6-15)10-25-11-14(9-18(25)26)20-23-19(24-28-20)13-4-7-17(22)16(21)8-13/h2-8,14H,9-11H2,1H3. The topological polar surface area (TPSA) is 68.5 Å². The SMILES string of the molecule is COc1ccc(CN2CC(c3nc(-c4ccc(F)c(Br)c4)no3)CC2=O)cc1. The summed E-state index contributed by atoms with van der Waals surface area (Å²) in [6.07, 6.45) is 0.324. The molecular weight excluding hydrogens is 429 g/mol. The van der Waals surface area contributed by atoms with Crippen LogP contribution in [0.25, 0.3) is 11.4 Å². The molecule has 3 aromatic rings. The van der Waals surface area contributed by atoms with Crippen LogP contribution in [0, 0.1) is 5.82 Å². The highest BCUT2D eigenvalue weighted by atomic mass is 79.9. The van der Waals surface area contributed by atoms with Crippen LogP contribution in [0.3, 0.4) is 0 Å². The van der Waals surface area contributed by atoms with E-state index in [1.54, 1.807) is 24.1 Å². The third-order valence-corrected chi connectivity index (χ3v) is 5.32. The van der Waals surface area contributed by atoms with Gasteiger partial charge in [0.05, 0.1) is 17.5 Å². The molecule has 0 spiro atoms. The first kappa shape index (κ1) is 18.6. The Morgan fingerprint density at radius 2 is 2.07 bits per heavy atom. The lowest BCUT2D eigenvalue weighted by molar-refractivity contribution is -0.128. The highest BCUT2D eigenvalue weighted by Crippen LogP contribution is 2.30. The number of halogens is 2. The average molecular weight is 446 g/mol. The van der Waals surface area contributed by atoms with Crippen molar-refractivity contribution in [2.45, 2.75) is 18.9 Å². The molecule has 0 bridgehead atoms. The van der Waals surface area contributed by atoms with Gasteiger partial charge in [-0.25, -0.2) is 4.39 Å². The number of likely N-dealkylation sites (tertiary alicyclic amines) is 1. The Balaban J connectivity index is 1.46. The maximum Gasteiger partial charge on any atom is 0.232 e. The average Bonchev–Trinajstić information content (AvgIpc) is 3.32. The molecule has 6 nitrogen and oxygen atoms in total. The van der Waals surface area contributed by atoms with Crippen LogP contribution in [0.5, 0.6) is 5.75 Å². The lowest BCUT2D eigenvalue weighted by atomic mass is 10.1. The van der Waals surface area contributed by atoms with Crippen LogP contribution < -0.4 is 4.74 Å². The predicted molar refractivity (Wildman–Crippen MR) is 103 cm³/mol. The lowest BCUT2D eigenvalue weighted by Crippen LogP contribution is -2.24. The van der Waals surface area contributed by atoms with Gasteiger partial charge in [-0.1, -0.05) is 17.3 Å². The zero-order valence-electron chi connectivity index (χ0n) is 15.1. The summed E-state index contributed by atoms with van der Waals surface area (Å²) in [4.78, 5) is 18.6. The van der Waals surface area contributed by atoms with Gasteiger partial charge >= 0.3 is 0 Å². The summed E-state index contributed by atoms with van der Waals surface area (Å²) < 4.78 is 24.3. The molecule has 0 N–H and O–H groups in total. The van der Waals surface area contributed by atoms with Crippen molar-refractivity contribution in [1.29, 1.82) is 0 Å². The zero-order valence-corrected chi connectivity index (χ0v) is 16.6. The van der Waals surface area contributed by atoms with Gasteiger partial charge in [-0.3, -0.25) is 4.79 Å². The monoisotopic (exact) mass is 445 g/mol. The predicted octanol–water partition coefficient (Wildman–Crippen LogP) is 4.16. The van der Waals surface area contributed by atoms with Crippen molar-refractivity contribution in [2.75, 3.05) is 13.7 Å². The van der Waals surface area contributed by atoms with Gasteiger partial charge < -0.3 is 14.2 Å². The summed E-state index contributed by atoms with van der Waals surface area (Å²) in [7, 11) is 1.62. The largest absolute Gasteiger partial charge is 0.497 e. The number of nitrogens with zero attached hydrogens (tertiary/aromatic N) is 3. The molecule has 4 rings (SSSR count). The minimum absolute atomic E-state index is 0.0464. The van der Waals surface area contributed by atoms with Crippen LogP contribution in [0.1, 0.15) is 23.8 Å². The molecule has 1 unspecified atom stereocenters. The summed E-state index contributed by atoms with van der Waals surface area (Å²) in [6, 6.07) is 12.2. The molecule has 1 fully saturated rings. The Bertz CT molecular complexity index is 1010. The van der Waals surface area contributed by atoms with E-state index in [0.717, 1.165) is 11.3 Å². The molecule has 1 amide bonds. The third kappa shape index (κ3) is 3.77. The summed E-state index contributed by atoms with van der Waals surface area (Å²) in [5.41, 5.74) is 1.67. The number of hydrogen-bond donors (Lipinski definition) is 0. The summed E-state index contributed by atoms with van der Waals surface area (Å²) in [5.74, 6) is 1.10. The minimum Gasteiger partial charge on any atom is -0.497 e. The van der Waals surface area contributed by atoms with Gasteiger partial charge in [0.25, 0.3) is 0 Å². The van der Waals surface area contributed by atoms with Gasteiger partial charge in [-0.15, -0.1) is 0 Å². The molecule has 1 atom stereocenters. The minimum atomic E-state index is -0.358. The highest BCUT2D eigenvalue weighted by Gasteiger charge is 2.34. The maximum atomic E-state index is 13.4. The van der Waals surface area contributed by atoms with Crippen LogP contribution in [-0.2, 0) is 11.3 Å². The number of benzene rings is 2. The molecule has 1 aliphatic heterocycles. The molecule has 1 aromatic heterocycles. The molecule has 1 aliphatic rings. The summed E-state index contributed by atoms with van der Waals surface area (Å²) >= 11 is 3.15. The number of ether oxygens (including phenoxy) is 1. The van der Waals surface area contributed by atoms with Crippen molar-refractivity contribution < 1.29 is 18.4 Å². The number of carbonyl (C=O) groups excluding carboxylic acids is 1. The first-order valence-electron chi connectivity index (χ1n) is 8.73. The Hall–Kier alpha value is -2.74. The fourth-order valence-electron chi connectivity index (χ4n) is 3.20. The van der Waals surface area contributed by atoms with Gasteiger partial charge in [0.2, 0.25) is 17.6 Å². The van der Waals surface area contributed by atoms with E-state index in [-0.39, 0.29) is 17.6 Å². The molecular formula is C20H17BrFN3O3. The maximum absolute atomic E-state index is 13.4. The fraction of sp³-hybridized carbons (Fsp3) is 0.250. The van der Waals surface area contributed by atoms with E-state index in [1.807, 2.05) is 24.3 Å². The van der Waals surface area contributed by atoms with Crippen LogP contribution in [-0.4, -0.2) is 34.6 Å². The van der Waals surface area contributed by atoms with Crippen LogP contribution in [0.4, 0.5) is 4.39 Å². The van der Waals surface area contributed by atoms with E-state index in [9.17, 15) is 9.18 Å². The summed E-state index contributed by atoms with van der Waals surface area (Å²) in [5, 5.41) is 3.98. The van der Waals surface area contributed by atoms with Crippen molar-refractivity contribution in [3.05, 3.63) is 64.2 Å². The molecule has 144 valence electrons. The number of hydrogen-bond acceptors (Lipinski definition) is 5. The van der Waals surface area contributed by atoms with E-state index in [4.69, 9.17) is 9.26 Å². The molecule has 28 heavy (non-hydrogen) atoms. The molecule has 0 radical (unpaired) electrons. The second-order valence-electron chi connectivity index (χ2n) is 6.61. The molecule has 2 heterocycles. The van der Waals surface area contributed by atoms with Crippen molar-refractivity contribution in [1.82, 2.24) is 15.0 Å². The molecule has 0 saturated carbocycles. The number of rotatable bonds is 5. The third-order valence-electron chi connectivity index (χ3n) is 4.72. The number of amides is 1. The van der Waals surface area contributed by atoms with Crippen LogP contribution in [0.15, 0.2) is 51.5 Å². The Labute approximate surface area is 169 Å². The number of aromatic nitrogens is 2. The number of methoxy groups -OCH3 is 1. The zero-order chi connectivity index (χ0) is 19.7. The first-order chi connectivity index (χ1) is 13.5. The van der Waals surface area contributed by atoms with Gasteiger partial charge in [0.1, 0.15) is 11.6 Å². The quantitative estimate of drug-likeness (QED) is 0.589. The van der Waals surface area contributed by atoms with Crippen LogP contribution in [0.2, 0.25) is 0 Å². The Morgan fingerprint density at radius 3 is 2.79 bits per heavy atom. The Kier molecular flexibility index (Phi) is 5.13. The van der Waals surface area contributed by atoms with Gasteiger partial charge in [-0.05, 0) is 51.8 Å². The van der Waals surface area contributed by atoms with Gasteiger partial charge in [0, 0.05) is 25.1 Å². The highest BCUT2D eigenvalue weighted by molar-refractivity contribution is 9.10. The van der Waals surface area contributed by atoms with E-state index in [1.165, 1.54) is 6.07 Å². The van der Waals surface area contributed by atoms with Crippen molar-refractivity contribution in [2.24, 2.45) is 0 Å². The fourth-order valence-corrected chi connectivity index (χ4v) is 3.57. The van der Waals surface area contributed by atoms with E-state index < -0.39 is 0 Å². The van der Waals surface area contributed by atoms with E-state index >= 15 is 0 Å².